The Labute approximate surface area is 110 Å². The molecule has 0 bridgehead atoms. The van der Waals surface area contributed by atoms with Gasteiger partial charge in [-0.15, -0.1) is 11.3 Å². The van der Waals surface area contributed by atoms with Crippen molar-refractivity contribution in [1.82, 2.24) is 4.98 Å². The first-order chi connectivity index (χ1) is 8.46. The second kappa shape index (κ2) is 5.21. The largest absolute Gasteiger partial charge is 0.462 e. The van der Waals surface area contributed by atoms with Crippen LogP contribution in [0.3, 0.4) is 0 Å². The summed E-state index contributed by atoms with van der Waals surface area (Å²) in [6.07, 6.45) is 3.16. The van der Waals surface area contributed by atoms with E-state index < -0.39 is 9.84 Å². The summed E-state index contributed by atoms with van der Waals surface area (Å²) >= 11 is 1.43. The van der Waals surface area contributed by atoms with Crippen LogP contribution in [0.15, 0.2) is 28.2 Å². The van der Waals surface area contributed by atoms with E-state index in [2.05, 4.69) is 4.98 Å². The van der Waals surface area contributed by atoms with E-state index in [1.807, 2.05) is 11.4 Å². The number of nitrogens with two attached hydrogens (primary N) is 1. The fraction of sp³-hybridized carbons (Fsp3) is 0.364. The molecule has 0 fully saturated rings. The summed E-state index contributed by atoms with van der Waals surface area (Å²) in [6.45, 7) is 0. The molecule has 0 saturated heterocycles. The molecule has 0 aliphatic rings. The van der Waals surface area contributed by atoms with Crippen molar-refractivity contribution in [3.05, 3.63) is 29.5 Å². The van der Waals surface area contributed by atoms with E-state index in [1.54, 1.807) is 12.3 Å². The lowest BCUT2D eigenvalue weighted by Crippen LogP contribution is -2.15. The number of furan rings is 1. The van der Waals surface area contributed by atoms with Gasteiger partial charge in [0.25, 0.3) is 0 Å². The molecule has 7 heteroatoms. The lowest BCUT2D eigenvalue weighted by atomic mass is 10.2. The van der Waals surface area contributed by atoms with Crippen LogP contribution in [-0.4, -0.2) is 25.4 Å². The molecule has 18 heavy (non-hydrogen) atoms. The topological polar surface area (TPSA) is 86.2 Å². The molecule has 1 atom stereocenters. The van der Waals surface area contributed by atoms with Gasteiger partial charge in [-0.1, -0.05) is 0 Å². The Balaban J connectivity index is 2.06. The summed E-state index contributed by atoms with van der Waals surface area (Å²) in [5.41, 5.74) is 6.62. The zero-order valence-electron chi connectivity index (χ0n) is 9.87. The van der Waals surface area contributed by atoms with Crippen molar-refractivity contribution in [3.63, 3.8) is 0 Å². The van der Waals surface area contributed by atoms with Gasteiger partial charge in [-0.2, -0.15) is 0 Å². The van der Waals surface area contributed by atoms with Gasteiger partial charge in [-0.05, 0) is 18.6 Å². The Morgan fingerprint density at radius 1 is 1.56 bits per heavy atom. The monoisotopic (exact) mass is 286 g/mol. The van der Waals surface area contributed by atoms with Gasteiger partial charge >= 0.3 is 0 Å². The Morgan fingerprint density at radius 3 is 2.94 bits per heavy atom. The van der Waals surface area contributed by atoms with Crippen molar-refractivity contribution in [2.24, 2.45) is 5.73 Å². The van der Waals surface area contributed by atoms with E-state index in [0.717, 1.165) is 5.01 Å². The molecule has 1 unspecified atom stereocenters. The smallest absolute Gasteiger partial charge is 0.162 e. The van der Waals surface area contributed by atoms with Gasteiger partial charge in [0.15, 0.2) is 10.8 Å². The Kier molecular flexibility index (Phi) is 3.84. The highest BCUT2D eigenvalue weighted by Gasteiger charge is 2.15. The van der Waals surface area contributed by atoms with Crippen molar-refractivity contribution < 1.29 is 12.8 Å². The molecule has 0 radical (unpaired) electrons. The molecule has 2 heterocycles. The van der Waals surface area contributed by atoms with E-state index in [0.29, 0.717) is 17.9 Å². The third kappa shape index (κ3) is 3.41. The highest BCUT2D eigenvalue weighted by Crippen LogP contribution is 2.26. The van der Waals surface area contributed by atoms with E-state index >= 15 is 0 Å². The quantitative estimate of drug-likeness (QED) is 0.906. The summed E-state index contributed by atoms with van der Waals surface area (Å²) in [6, 6.07) is 3.25. The molecule has 0 aromatic carbocycles. The van der Waals surface area contributed by atoms with Crippen molar-refractivity contribution in [2.45, 2.75) is 12.5 Å². The molecule has 2 aromatic rings. The van der Waals surface area contributed by atoms with E-state index in [4.69, 9.17) is 10.2 Å². The number of aromatic nitrogens is 1. The minimum atomic E-state index is -2.99. The normalized spacial score (nSPS) is 13.7. The molecule has 0 aliphatic heterocycles. The van der Waals surface area contributed by atoms with Crippen LogP contribution in [0.25, 0.3) is 10.8 Å². The van der Waals surface area contributed by atoms with Crippen LogP contribution < -0.4 is 5.73 Å². The van der Waals surface area contributed by atoms with E-state index in [1.165, 1.54) is 17.6 Å². The van der Waals surface area contributed by atoms with Gasteiger partial charge in [0, 0.05) is 17.7 Å². The van der Waals surface area contributed by atoms with Crippen LogP contribution in [0.1, 0.15) is 18.2 Å². The Hall–Kier alpha value is -1.18. The lowest BCUT2D eigenvalue weighted by molar-refractivity contribution is 0.579. The number of nitrogens with zero attached hydrogens (tertiary/aromatic N) is 1. The van der Waals surface area contributed by atoms with Gasteiger partial charge in [0.1, 0.15) is 9.84 Å². The lowest BCUT2D eigenvalue weighted by Gasteiger charge is -2.06. The summed E-state index contributed by atoms with van der Waals surface area (Å²) in [5.74, 6) is 0.767. The summed E-state index contributed by atoms with van der Waals surface area (Å²) in [5, 5.41) is 2.59. The third-order valence-electron chi connectivity index (χ3n) is 2.43. The first kappa shape index (κ1) is 13.3. The van der Waals surface area contributed by atoms with Crippen LogP contribution in [0.4, 0.5) is 0 Å². The molecule has 0 amide bonds. The number of hydrogen-bond acceptors (Lipinski definition) is 6. The molecule has 2 N–H and O–H groups in total. The maximum Gasteiger partial charge on any atom is 0.162 e. The maximum absolute atomic E-state index is 11.1. The minimum Gasteiger partial charge on any atom is -0.462 e. The van der Waals surface area contributed by atoms with Crippen LogP contribution in [0.5, 0.6) is 0 Å². The first-order valence-electron chi connectivity index (χ1n) is 5.38. The van der Waals surface area contributed by atoms with E-state index in [9.17, 15) is 8.42 Å². The standard InChI is InChI=1S/C11H14N2O3S2/c1-18(14,15)6-4-8(12)9-7-17-11(13-9)10-3-2-5-16-10/h2-3,5,7-8H,4,6,12H2,1H3. The van der Waals surface area contributed by atoms with Gasteiger partial charge in [-0.25, -0.2) is 13.4 Å². The zero-order valence-corrected chi connectivity index (χ0v) is 11.5. The van der Waals surface area contributed by atoms with Gasteiger partial charge in [0.2, 0.25) is 0 Å². The van der Waals surface area contributed by atoms with Crippen molar-refractivity contribution in [3.8, 4) is 10.8 Å². The molecule has 0 spiro atoms. The van der Waals surface area contributed by atoms with Gasteiger partial charge < -0.3 is 10.2 Å². The number of thiazole rings is 1. The van der Waals surface area contributed by atoms with E-state index in [-0.39, 0.29) is 11.8 Å². The average Bonchev–Trinajstić information content (AvgIpc) is 2.94. The Morgan fingerprint density at radius 2 is 2.33 bits per heavy atom. The second-order valence-electron chi connectivity index (χ2n) is 4.08. The molecule has 98 valence electrons. The number of rotatable bonds is 5. The van der Waals surface area contributed by atoms with Crippen LogP contribution in [-0.2, 0) is 9.84 Å². The molecular formula is C11H14N2O3S2. The van der Waals surface area contributed by atoms with Crippen LogP contribution >= 0.6 is 11.3 Å². The SMILES string of the molecule is CS(=O)(=O)CCC(N)c1csc(-c2ccco2)n1. The highest BCUT2D eigenvalue weighted by molar-refractivity contribution is 7.90. The third-order valence-corrected chi connectivity index (χ3v) is 4.29. The van der Waals surface area contributed by atoms with Crippen molar-refractivity contribution in [2.75, 3.05) is 12.0 Å². The van der Waals surface area contributed by atoms with Crippen molar-refractivity contribution >= 4 is 21.2 Å². The molecular weight excluding hydrogens is 272 g/mol. The highest BCUT2D eigenvalue weighted by atomic mass is 32.2. The predicted octanol–water partition coefficient (Wildman–Crippen LogP) is 1.84. The number of sulfone groups is 1. The fourth-order valence-corrected chi connectivity index (χ4v) is 2.99. The molecule has 0 aliphatic carbocycles. The maximum atomic E-state index is 11.1. The van der Waals surface area contributed by atoms with Crippen molar-refractivity contribution in [1.29, 1.82) is 0 Å². The average molecular weight is 286 g/mol. The second-order valence-corrected chi connectivity index (χ2v) is 7.20. The molecule has 2 aromatic heterocycles. The first-order valence-corrected chi connectivity index (χ1v) is 8.32. The molecule has 0 saturated carbocycles. The van der Waals surface area contributed by atoms with Crippen LogP contribution in [0.2, 0.25) is 0 Å². The Bertz CT molecular complexity index is 602. The fourth-order valence-electron chi connectivity index (χ4n) is 1.46. The minimum absolute atomic E-state index is 0.0712. The molecule has 5 nitrogen and oxygen atoms in total. The summed E-state index contributed by atoms with van der Waals surface area (Å²) in [7, 11) is -2.99. The zero-order chi connectivity index (χ0) is 13.2. The predicted molar refractivity (Wildman–Crippen MR) is 71.1 cm³/mol. The van der Waals surface area contributed by atoms with Crippen LogP contribution in [0, 0.1) is 0 Å². The molecule has 2 rings (SSSR count). The van der Waals surface area contributed by atoms with Gasteiger partial charge in [-0.3, -0.25) is 0 Å². The number of hydrogen-bond donors (Lipinski definition) is 1. The summed E-state index contributed by atoms with van der Waals surface area (Å²) < 4.78 is 27.4. The van der Waals surface area contributed by atoms with Gasteiger partial charge in [0.05, 0.1) is 17.7 Å². The summed E-state index contributed by atoms with van der Waals surface area (Å²) in [4.78, 5) is 4.36.